The van der Waals surface area contributed by atoms with Gasteiger partial charge in [0.1, 0.15) is 11.6 Å². The van der Waals surface area contributed by atoms with Crippen LogP contribution in [0.25, 0.3) is 0 Å². The number of halogens is 1. The molecular weight excluding hydrogens is 373 g/mol. The van der Waals surface area contributed by atoms with Gasteiger partial charge in [0.05, 0.1) is 16.1 Å². The van der Waals surface area contributed by atoms with Gasteiger partial charge in [0, 0.05) is 0 Å². The molecule has 3 aromatic rings. The van der Waals surface area contributed by atoms with Crippen LogP contribution in [0, 0.1) is 5.82 Å². The lowest BCUT2D eigenvalue weighted by Crippen LogP contribution is -2.13. The third kappa shape index (κ3) is 4.42. The van der Waals surface area contributed by atoms with E-state index in [0.717, 1.165) is 0 Å². The highest BCUT2D eigenvalue weighted by Crippen LogP contribution is 2.31. The van der Waals surface area contributed by atoms with Gasteiger partial charge in [-0.3, -0.25) is 4.72 Å². The van der Waals surface area contributed by atoms with E-state index in [1.807, 2.05) is 0 Å². The number of hydrogen-bond acceptors (Lipinski definition) is 4. The molecule has 27 heavy (non-hydrogen) atoms. The quantitative estimate of drug-likeness (QED) is 0.664. The first-order chi connectivity index (χ1) is 12.8. The van der Waals surface area contributed by atoms with E-state index >= 15 is 0 Å². The van der Waals surface area contributed by atoms with Crippen molar-refractivity contribution in [3.63, 3.8) is 0 Å². The van der Waals surface area contributed by atoms with Crippen LogP contribution in [0.1, 0.15) is 10.4 Å². The van der Waals surface area contributed by atoms with E-state index in [2.05, 4.69) is 4.72 Å². The molecule has 0 fully saturated rings. The van der Waals surface area contributed by atoms with Crippen molar-refractivity contribution in [3.8, 4) is 11.5 Å². The zero-order valence-corrected chi connectivity index (χ0v) is 14.6. The number of nitrogens with one attached hydrogen (secondary N) is 1. The summed E-state index contributed by atoms with van der Waals surface area (Å²) in [5.74, 6) is -0.991. The molecule has 0 saturated heterocycles. The first kappa shape index (κ1) is 18.4. The number of aromatic carboxylic acids is 1. The number of hydrogen-bond donors (Lipinski definition) is 2. The van der Waals surface area contributed by atoms with Crippen molar-refractivity contribution in [1.29, 1.82) is 0 Å². The van der Waals surface area contributed by atoms with Gasteiger partial charge in [0.15, 0.2) is 5.75 Å². The molecule has 0 bridgehead atoms. The van der Waals surface area contributed by atoms with Crippen LogP contribution in [0.2, 0.25) is 0 Å². The number of rotatable bonds is 6. The van der Waals surface area contributed by atoms with Gasteiger partial charge in [0.25, 0.3) is 10.0 Å². The van der Waals surface area contributed by atoms with Gasteiger partial charge >= 0.3 is 5.97 Å². The molecule has 0 aliphatic rings. The minimum atomic E-state index is -3.96. The van der Waals surface area contributed by atoms with E-state index in [1.54, 1.807) is 18.2 Å². The van der Waals surface area contributed by atoms with Crippen LogP contribution in [-0.2, 0) is 10.0 Å². The van der Waals surface area contributed by atoms with Crippen molar-refractivity contribution in [1.82, 2.24) is 0 Å². The normalized spacial score (nSPS) is 11.0. The van der Waals surface area contributed by atoms with Gasteiger partial charge in [-0.25, -0.2) is 17.6 Å². The van der Waals surface area contributed by atoms with Crippen molar-refractivity contribution >= 4 is 21.7 Å². The summed E-state index contributed by atoms with van der Waals surface area (Å²) in [5, 5.41) is 8.90. The van der Waals surface area contributed by atoms with Crippen LogP contribution in [0.15, 0.2) is 77.7 Å². The number of ether oxygens (including phenoxy) is 1. The summed E-state index contributed by atoms with van der Waals surface area (Å²) in [4.78, 5) is 10.8. The molecular formula is C19H14FNO5S. The van der Waals surface area contributed by atoms with E-state index in [-0.39, 0.29) is 21.9 Å². The number of para-hydroxylation sites is 2. The summed E-state index contributed by atoms with van der Waals surface area (Å²) >= 11 is 0. The Morgan fingerprint density at radius 1 is 0.926 bits per heavy atom. The lowest BCUT2D eigenvalue weighted by molar-refractivity contribution is 0.0696. The molecule has 3 aromatic carbocycles. The Bertz CT molecular complexity index is 1060. The lowest BCUT2D eigenvalue weighted by Gasteiger charge is -2.13. The highest BCUT2D eigenvalue weighted by molar-refractivity contribution is 7.92. The molecule has 0 amide bonds. The van der Waals surface area contributed by atoms with Crippen molar-refractivity contribution in [2.24, 2.45) is 0 Å². The standard InChI is InChI=1S/C19H14FNO5S/c20-14-7-9-15(10-8-14)26-18-4-2-1-3-17(18)21-27(24,25)16-11-5-13(6-12-16)19(22)23/h1-12,21H,(H,22,23). The average molecular weight is 387 g/mol. The molecule has 0 saturated carbocycles. The summed E-state index contributed by atoms with van der Waals surface area (Å²) in [6, 6.07) is 16.5. The van der Waals surface area contributed by atoms with Crippen LogP contribution in [0.3, 0.4) is 0 Å². The third-order valence-electron chi connectivity index (χ3n) is 3.58. The second-order valence-electron chi connectivity index (χ2n) is 5.49. The van der Waals surface area contributed by atoms with Gasteiger partial charge in [-0.05, 0) is 60.7 Å². The average Bonchev–Trinajstić information content (AvgIpc) is 2.65. The molecule has 2 N–H and O–H groups in total. The Labute approximate surface area is 154 Å². The number of anilines is 1. The maximum Gasteiger partial charge on any atom is 0.335 e. The molecule has 0 unspecified atom stereocenters. The summed E-state index contributed by atoms with van der Waals surface area (Å²) < 4.78 is 46.2. The van der Waals surface area contributed by atoms with Crippen molar-refractivity contribution in [2.45, 2.75) is 4.90 Å². The molecule has 0 aliphatic carbocycles. The maximum absolute atomic E-state index is 13.0. The van der Waals surface area contributed by atoms with E-state index < -0.39 is 21.8 Å². The van der Waals surface area contributed by atoms with Gasteiger partial charge in [-0.2, -0.15) is 0 Å². The highest BCUT2D eigenvalue weighted by atomic mass is 32.2. The van der Waals surface area contributed by atoms with Crippen LogP contribution < -0.4 is 9.46 Å². The fourth-order valence-corrected chi connectivity index (χ4v) is 3.32. The molecule has 138 valence electrons. The zero-order chi connectivity index (χ0) is 19.4. The van der Waals surface area contributed by atoms with Crippen LogP contribution in [0.4, 0.5) is 10.1 Å². The lowest BCUT2D eigenvalue weighted by atomic mass is 10.2. The highest BCUT2D eigenvalue weighted by Gasteiger charge is 2.17. The number of benzene rings is 3. The Balaban J connectivity index is 1.86. The predicted octanol–water partition coefficient (Wildman–Crippen LogP) is 4.12. The van der Waals surface area contributed by atoms with Gasteiger partial charge < -0.3 is 9.84 Å². The summed E-state index contributed by atoms with van der Waals surface area (Å²) in [6.45, 7) is 0. The Kier molecular flexibility index (Phi) is 5.09. The van der Waals surface area contributed by atoms with Crippen LogP contribution in [0.5, 0.6) is 11.5 Å². The predicted molar refractivity (Wildman–Crippen MR) is 97.1 cm³/mol. The van der Waals surface area contributed by atoms with Crippen LogP contribution >= 0.6 is 0 Å². The fourth-order valence-electron chi connectivity index (χ4n) is 2.25. The van der Waals surface area contributed by atoms with E-state index in [4.69, 9.17) is 9.84 Å². The van der Waals surface area contributed by atoms with Gasteiger partial charge in [-0.1, -0.05) is 12.1 Å². The van der Waals surface area contributed by atoms with Crippen LogP contribution in [-0.4, -0.2) is 19.5 Å². The van der Waals surface area contributed by atoms with E-state index in [9.17, 15) is 17.6 Å². The molecule has 0 radical (unpaired) electrons. The molecule has 0 spiro atoms. The first-order valence-electron chi connectivity index (χ1n) is 7.74. The topological polar surface area (TPSA) is 92.7 Å². The zero-order valence-electron chi connectivity index (χ0n) is 13.8. The van der Waals surface area contributed by atoms with Crippen molar-refractivity contribution in [2.75, 3.05) is 4.72 Å². The van der Waals surface area contributed by atoms with Gasteiger partial charge in [0.2, 0.25) is 0 Å². The summed E-state index contributed by atoms with van der Waals surface area (Å²) in [6.07, 6.45) is 0. The molecule has 0 aromatic heterocycles. The van der Waals surface area contributed by atoms with E-state index in [1.165, 1.54) is 54.6 Å². The number of carboxylic acids is 1. The molecule has 0 aliphatic heterocycles. The number of carbonyl (C=O) groups is 1. The van der Waals surface area contributed by atoms with Crippen molar-refractivity contribution < 1.29 is 27.4 Å². The minimum absolute atomic E-state index is 0.0195. The Morgan fingerprint density at radius 2 is 1.56 bits per heavy atom. The smallest absolute Gasteiger partial charge is 0.335 e. The minimum Gasteiger partial charge on any atom is -0.478 e. The second-order valence-corrected chi connectivity index (χ2v) is 7.17. The first-order valence-corrected chi connectivity index (χ1v) is 9.22. The molecule has 8 heteroatoms. The molecule has 3 rings (SSSR count). The van der Waals surface area contributed by atoms with E-state index in [0.29, 0.717) is 5.75 Å². The van der Waals surface area contributed by atoms with Gasteiger partial charge in [-0.15, -0.1) is 0 Å². The molecule has 0 atom stereocenters. The second kappa shape index (κ2) is 7.46. The summed E-state index contributed by atoms with van der Waals surface area (Å²) in [5.41, 5.74) is 0.165. The third-order valence-corrected chi connectivity index (χ3v) is 4.97. The summed E-state index contributed by atoms with van der Waals surface area (Å²) in [7, 11) is -3.96. The molecule has 0 heterocycles. The number of carboxylic acid groups (broad SMARTS) is 1. The maximum atomic E-state index is 13.0. The monoisotopic (exact) mass is 387 g/mol. The largest absolute Gasteiger partial charge is 0.478 e. The van der Waals surface area contributed by atoms with Crippen molar-refractivity contribution in [3.05, 3.63) is 84.2 Å². The number of sulfonamides is 1. The Hall–Kier alpha value is -3.39. The molecule has 6 nitrogen and oxygen atoms in total. The SMILES string of the molecule is O=C(O)c1ccc(S(=O)(=O)Nc2ccccc2Oc2ccc(F)cc2)cc1. The fraction of sp³-hybridized carbons (Fsp3) is 0. The Morgan fingerprint density at radius 3 is 2.19 bits per heavy atom.